The summed E-state index contributed by atoms with van der Waals surface area (Å²) in [5, 5.41) is 3.60. The molecule has 8 atom stereocenters. The Balaban J connectivity index is 1.05. The molecule has 36 heavy (non-hydrogen) atoms. The van der Waals surface area contributed by atoms with Crippen molar-refractivity contribution in [2.75, 3.05) is 19.8 Å². The normalized spacial score (nSPS) is 47.3. The Labute approximate surface area is 216 Å². The van der Waals surface area contributed by atoms with Crippen LogP contribution in [0.15, 0.2) is 30.3 Å². The summed E-state index contributed by atoms with van der Waals surface area (Å²) in [5.74, 6) is 2.57. The average Bonchev–Trinajstić information content (AvgIpc) is 3.48. The smallest absolute Gasteiger partial charge is 0.324 e. The van der Waals surface area contributed by atoms with Crippen LogP contribution in [-0.2, 0) is 25.4 Å². The molecular weight excluding hydrogens is 450 g/mol. The first-order chi connectivity index (χ1) is 17.4. The molecule has 1 aromatic carbocycles. The molecule has 2 saturated heterocycles. The van der Waals surface area contributed by atoms with Gasteiger partial charge in [0.2, 0.25) is 0 Å². The lowest BCUT2D eigenvalue weighted by Crippen LogP contribution is -2.63. The van der Waals surface area contributed by atoms with Gasteiger partial charge in [-0.05, 0) is 92.4 Å². The van der Waals surface area contributed by atoms with Gasteiger partial charge in [-0.15, -0.1) is 0 Å². The average molecular weight is 494 g/mol. The lowest BCUT2D eigenvalue weighted by molar-refractivity contribution is -0.250. The first kappa shape index (κ1) is 23.7. The van der Waals surface area contributed by atoms with E-state index < -0.39 is 0 Å². The van der Waals surface area contributed by atoms with Gasteiger partial charge in [0, 0.05) is 18.4 Å². The highest BCUT2D eigenvalue weighted by atomic mass is 16.7. The highest BCUT2D eigenvalue weighted by Crippen LogP contribution is 2.70. The van der Waals surface area contributed by atoms with Crippen molar-refractivity contribution in [3.8, 4) is 0 Å². The van der Waals surface area contributed by atoms with Crippen LogP contribution in [0.5, 0.6) is 0 Å². The molecule has 4 saturated carbocycles. The number of benzene rings is 1. The summed E-state index contributed by atoms with van der Waals surface area (Å²) in [6, 6.07) is 10.1. The molecule has 6 fully saturated rings. The SMILES string of the molecule is C[C@]12CC[C@]3(CN[C@H](Cc4ccccc4)C(=O)O3)C[C@@H]1CC[C@@H]1[C@@H]2CC[C@@]2(C)[C@H]1CCC21OCCO1. The third kappa shape index (κ3) is 3.34. The van der Waals surface area contributed by atoms with Crippen molar-refractivity contribution in [3.05, 3.63) is 35.9 Å². The summed E-state index contributed by atoms with van der Waals surface area (Å²) >= 11 is 0. The van der Waals surface area contributed by atoms with Crippen LogP contribution in [0.25, 0.3) is 0 Å². The van der Waals surface area contributed by atoms with E-state index in [1.54, 1.807) is 0 Å². The Morgan fingerprint density at radius 1 is 0.917 bits per heavy atom. The minimum atomic E-state index is -0.312. The largest absolute Gasteiger partial charge is 0.457 e. The fraction of sp³-hybridized carbons (Fsp3) is 0.774. The van der Waals surface area contributed by atoms with E-state index >= 15 is 0 Å². The number of morpholine rings is 1. The van der Waals surface area contributed by atoms with Crippen LogP contribution >= 0.6 is 0 Å². The minimum absolute atomic E-state index is 0.0522. The zero-order chi connectivity index (χ0) is 24.6. The molecule has 0 bridgehead atoms. The van der Waals surface area contributed by atoms with Gasteiger partial charge in [-0.25, -0.2) is 0 Å². The number of esters is 1. The Hall–Kier alpha value is -1.43. The van der Waals surface area contributed by atoms with Crippen LogP contribution in [0.2, 0.25) is 0 Å². The third-order valence-corrected chi connectivity index (χ3v) is 12.2. The Kier molecular flexibility index (Phi) is 5.45. The summed E-state index contributed by atoms with van der Waals surface area (Å²) in [4.78, 5) is 13.1. The van der Waals surface area contributed by atoms with E-state index in [4.69, 9.17) is 14.2 Å². The highest BCUT2D eigenvalue weighted by molar-refractivity contribution is 5.77. The van der Waals surface area contributed by atoms with Crippen LogP contribution in [-0.4, -0.2) is 43.2 Å². The molecule has 2 spiro atoms. The van der Waals surface area contributed by atoms with Crippen molar-refractivity contribution < 1.29 is 19.0 Å². The molecule has 1 aromatic rings. The summed E-state index contributed by atoms with van der Waals surface area (Å²) in [6.07, 6.45) is 11.3. The summed E-state index contributed by atoms with van der Waals surface area (Å²) in [5.41, 5.74) is 1.40. The van der Waals surface area contributed by atoms with E-state index in [1.807, 2.05) is 18.2 Å². The van der Waals surface area contributed by atoms with Crippen molar-refractivity contribution >= 4 is 5.97 Å². The maximum Gasteiger partial charge on any atom is 0.324 e. The van der Waals surface area contributed by atoms with Gasteiger partial charge in [-0.3, -0.25) is 4.79 Å². The molecular formula is C31H43NO4. The number of hydrogen-bond acceptors (Lipinski definition) is 5. The summed E-state index contributed by atoms with van der Waals surface area (Å²) < 4.78 is 19.0. The van der Waals surface area contributed by atoms with Crippen LogP contribution in [0.4, 0.5) is 0 Å². The van der Waals surface area contributed by atoms with Gasteiger partial charge in [0.1, 0.15) is 11.6 Å². The van der Waals surface area contributed by atoms with E-state index in [2.05, 4.69) is 31.3 Å². The monoisotopic (exact) mass is 493 g/mol. The number of nitrogens with one attached hydrogen (secondary N) is 1. The van der Waals surface area contributed by atoms with E-state index in [1.165, 1.54) is 44.1 Å². The van der Waals surface area contributed by atoms with Crippen molar-refractivity contribution in [2.24, 2.45) is 34.5 Å². The maximum absolute atomic E-state index is 13.1. The summed E-state index contributed by atoms with van der Waals surface area (Å²) in [7, 11) is 0. The van der Waals surface area contributed by atoms with Crippen molar-refractivity contribution in [1.82, 2.24) is 5.32 Å². The van der Waals surface area contributed by atoms with Crippen LogP contribution in [0, 0.1) is 34.5 Å². The second kappa shape index (κ2) is 8.28. The van der Waals surface area contributed by atoms with Gasteiger partial charge in [-0.1, -0.05) is 44.2 Å². The molecule has 5 nitrogen and oxygen atoms in total. The zero-order valence-electron chi connectivity index (χ0n) is 22.1. The molecule has 2 aliphatic heterocycles. The first-order valence-corrected chi connectivity index (χ1v) is 14.6. The Morgan fingerprint density at radius 2 is 1.69 bits per heavy atom. The number of hydrogen-bond donors (Lipinski definition) is 1. The minimum Gasteiger partial charge on any atom is -0.457 e. The van der Waals surface area contributed by atoms with E-state index in [-0.39, 0.29) is 28.8 Å². The van der Waals surface area contributed by atoms with Crippen LogP contribution in [0.3, 0.4) is 0 Å². The molecule has 0 amide bonds. The molecule has 0 aromatic heterocycles. The van der Waals surface area contributed by atoms with E-state index in [0.717, 1.165) is 56.8 Å². The molecule has 6 aliphatic rings. The fourth-order valence-corrected chi connectivity index (χ4v) is 10.2. The van der Waals surface area contributed by atoms with Gasteiger partial charge in [0.15, 0.2) is 5.79 Å². The third-order valence-electron chi connectivity index (χ3n) is 12.2. The molecule has 7 rings (SSSR count). The van der Waals surface area contributed by atoms with Crippen molar-refractivity contribution in [1.29, 1.82) is 0 Å². The number of carbonyl (C=O) groups excluding carboxylic acids is 1. The van der Waals surface area contributed by atoms with Gasteiger partial charge in [0.05, 0.1) is 13.2 Å². The molecule has 0 unspecified atom stereocenters. The maximum atomic E-state index is 13.1. The van der Waals surface area contributed by atoms with Crippen LogP contribution in [0.1, 0.15) is 77.2 Å². The molecule has 5 heteroatoms. The molecule has 0 radical (unpaired) electrons. The lowest BCUT2D eigenvalue weighted by atomic mass is 9.44. The Bertz CT molecular complexity index is 1010. The van der Waals surface area contributed by atoms with Gasteiger partial charge < -0.3 is 19.5 Å². The van der Waals surface area contributed by atoms with Gasteiger partial charge >= 0.3 is 5.97 Å². The second-order valence-corrected chi connectivity index (χ2v) is 13.5. The van der Waals surface area contributed by atoms with E-state index in [9.17, 15) is 4.79 Å². The lowest BCUT2D eigenvalue weighted by Gasteiger charge is -2.63. The molecule has 1 N–H and O–H groups in total. The quantitative estimate of drug-likeness (QED) is 0.569. The standard InChI is InChI=1S/C31H43NO4/c1-28-14-15-30(20-32-26(27(33)36-30)18-21-6-4-3-5-7-21)19-22(28)8-9-23-24(28)10-12-29(2)25(23)11-13-31(29)34-16-17-35-31/h3-7,22-26,32H,8-20H2,1-2H3/t22-,23+,24-,25-,26+,28-,29-,30+/m0/s1. The number of rotatable bonds is 2. The van der Waals surface area contributed by atoms with Crippen LogP contribution < -0.4 is 5.32 Å². The first-order valence-electron chi connectivity index (χ1n) is 14.6. The topological polar surface area (TPSA) is 56.8 Å². The Morgan fingerprint density at radius 3 is 2.47 bits per heavy atom. The highest BCUT2D eigenvalue weighted by Gasteiger charge is 2.68. The predicted octanol–water partition coefficient (Wildman–Crippen LogP) is 5.27. The van der Waals surface area contributed by atoms with Crippen molar-refractivity contribution in [2.45, 2.75) is 95.5 Å². The molecule has 4 aliphatic carbocycles. The fourth-order valence-electron chi connectivity index (χ4n) is 10.2. The zero-order valence-corrected chi connectivity index (χ0v) is 22.1. The number of ether oxygens (including phenoxy) is 3. The summed E-state index contributed by atoms with van der Waals surface area (Å²) in [6.45, 7) is 7.40. The predicted molar refractivity (Wildman–Crippen MR) is 137 cm³/mol. The van der Waals surface area contributed by atoms with Gasteiger partial charge in [-0.2, -0.15) is 0 Å². The molecule has 196 valence electrons. The second-order valence-electron chi connectivity index (χ2n) is 13.5. The van der Waals surface area contributed by atoms with E-state index in [0.29, 0.717) is 17.8 Å². The van der Waals surface area contributed by atoms with Crippen molar-refractivity contribution in [3.63, 3.8) is 0 Å². The van der Waals surface area contributed by atoms with Gasteiger partial charge in [0.25, 0.3) is 0 Å². The number of carbonyl (C=O) groups is 1. The number of fused-ring (bicyclic) bond motifs is 6. The molecule has 2 heterocycles.